The first-order valence-electron chi connectivity index (χ1n) is 8.97. The molecule has 1 atom stereocenters. The molecule has 0 spiro atoms. The van der Waals surface area contributed by atoms with Gasteiger partial charge < -0.3 is 9.64 Å². The van der Waals surface area contributed by atoms with Crippen molar-refractivity contribution in [2.24, 2.45) is 5.10 Å². The van der Waals surface area contributed by atoms with Gasteiger partial charge >= 0.3 is 5.97 Å². The summed E-state index contributed by atoms with van der Waals surface area (Å²) in [5, 5.41) is 4.84. The van der Waals surface area contributed by atoms with Crippen LogP contribution in [-0.4, -0.2) is 56.5 Å². The van der Waals surface area contributed by atoms with E-state index in [9.17, 15) is 18.0 Å². The Kier molecular flexibility index (Phi) is 5.50. The van der Waals surface area contributed by atoms with Gasteiger partial charge in [-0.05, 0) is 31.9 Å². The molecule has 2 heterocycles. The number of esters is 1. The summed E-state index contributed by atoms with van der Waals surface area (Å²) in [5.41, 5.74) is 0.253. The highest BCUT2D eigenvalue weighted by atomic mass is 32.2. The fourth-order valence-corrected chi connectivity index (χ4v) is 4.77. The van der Waals surface area contributed by atoms with Crippen LogP contribution in [0.2, 0.25) is 0 Å². The minimum Gasteiger partial charge on any atom is -0.467 e. The summed E-state index contributed by atoms with van der Waals surface area (Å²) in [6.07, 6.45) is 3.69. The van der Waals surface area contributed by atoms with Crippen LogP contribution in [0, 0.1) is 0 Å². The fraction of sp³-hybridized carbons (Fsp3) is 0.500. The number of hydrogen-bond donors (Lipinski definition) is 0. The molecule has 1 amide bonds. The first-order chi connectivity index (χ1) is 12.9. The number of rotatable bonds is 3. The van der Waals surface area contributed by atoms with Gasteiger partial charge in [0.25, 0.3) is 5.91 Å². The number of likely N-dealkylation sites (tertiary alicyclic amines) is 1. The number of para-hydroxylation sites is 1. The molecule has 0 saturated carbocycles. The third-order valence-corrected chi connectivity index (χ3v) is 6.53. The molecule has 1 aromatic rings. The number of anilines is 1. The van der Waals surface area contributed by atoms with Crippen molar-refractivity contribution in [3.05, 3.63) is 24.3 Å². The Bertz CT molecular complexity index is 873. The number of hydrazone groups is 1. The van der Waals surface area contributed by atoms with Crippen LogP contribution in [0.1, 0.15) is 32.6 Å². The first kappa shape index (κ1) is 19.3. The van der Waals surface area contributed by atoms with E-state index in [1.54, 1.807) is 25.1 Å². The van der Waals surface area contributed by atoms with Gasteiger partial charge in [-0.15, -0.1) is 0 Å². The predicted molar refractivity (Wildman–Crippen MR) is 100 cm³/mol. The van der Waals surface area contributed by atoms with E-state index in [-0.39, 0.29) is 10.6 Å². The van der Waals surface area contributed by atoms with Crippen LogP contribution in [0.3, 0.4) is 0 Å². The van der Waals surface area contributed by atoms with E-state index in [2.05, 4.69) is 5.10 Å². The van der Waals surface area contributed by atoms with Crippen LogP contribution in [0.25, 0.3) is 0 Å². The van der Waals surface area contributed by atoms with Crippen LogP contribution >= 0.6 is 0 Å². The van der Waals surface area contributed by atoms with Gasteiger partial charge in [0.2, 0.25) is 14.9 Å². The highest BCUT2D eigenvalue weighted by molar-refractivity contribution is 8.08. The number of amides is 1. The Morgan fingerprint density at radius 2 is 1.74 bits per heavy atom. The summed E-state index contributed by atoms with van der Waals surface area (Å²) < 4.78 is 30.9. The Morgan fingerprint density at radius 1 is 1.11 bits per heavy atom. The molecule has 0 radical (unpaired) electrons. The molecule has 0 aromatic heterocycles. The van der Waals surface area contributed by atoms with Gasteiger partial charge in [-0.25, -0.2) is 18.2 Å². The summed E-state index contributed by atoms with van der Waals surface area (Å²) in [6, 6.07) is 5.34. The Balaban J connectivity index is 2.07. The summed E-state index contributed by atoms with van der Waals surface area (Å²) in [6.45, 7) is 2.56. The van der Waals surface area contributed by atoms with Gasteiger partial charge in [-0.1, -0.05) is 25.0 Å². The molecule has 2 aliphatic rings. The minimum absolute atomic E-state index is 0.0334. The van der Waals surface area contributed by atoms with Gasteiger partial charge in [0.05, 0.1) is 17.7 Å². The number of carbonyl (C=O) groups excluding carboxylic acids is 2. The zero-order valence-corrected chi connectivity index (χ0v) is 16.2. The topological polar surface area (TPSA) is 96.3 Å². The number of sulfone groups is 1. The van der Waals surface area contributed by atoms with Gasteiger partial charge in [0, 0.05) is 13.1 Å². The largest absolute Gasteiger partial charge is 0.467 e. The van der Waals surface area contributed by atoms with Gasteiger partial charge in [-0.2, -0.15) is 5.10 Å². The summed E-state index contributed by atoms with van der Waals surface area (Å²) >= 11 is 0. The minimum atomic E-state index is -4.08. The highest BCUT2D eigenvalue weighted by Crippen LogP contribution is 2.33. The molecule has 0 unspecified atom stereocenters. The van der Waals surface area contributed by atoms with Crippen molar-refractivity contribution in [2.45, 2.75) is 43.5 Å². The summed E-state index contributed by atoms with van der Waals surface area (Å²) in [4.78, 5) is 26.5. The van der Waals surface area contributed by atoms with Crippen molar-refractivity contribution in [2.75, 3.05) is 25.2 Å². The third-order valence-electron chi connectivity index (χ3n) is 4.84. The average molecular weight is 393 g/mol. The van der Waals surface area contributed by atoms with Crippen LogP contribution in [0.4, 0.5) is 5.69 Å². The van der Waals surface area contributed by atoms with Crippen molar-refractivity contribution in [1.29, 1.82) is 0 Å². The molecule has 0 aliphatic carbocycles. The summed E-state index contributed by atoms with van der Waals surface area (Å²) in [7, 11) is -2.83. The van der Waals surface area contributed by atoms with Gasteiger partial charge in [-0.3, -0.25) is 4.79 Å². The Hall–Kier alpha value is -2.42. The molecule has 8 nitrogen and oxygen atoms in total. The van der Waals surface area contributed by atoms with Crippen LogP contribution in [-0.2, 0) is 24.2 Å². The lowest BCUT2D eigenvalue weighted by atomic mass is 10.2. The van der Waals surface area contributed by atoms with Crippen molar-refractivity contribution in [1.82, 2.24) is 4.90 Å². The van der Waals surface area contributed by atoms with Crippen molar-refractivity contribution in [3.8, 4) is 0 Å². The summed E-state index contributed by atoms with van der Waals surface area (Å²) in [5.74, 6) is -1.19. The molecule has 2 aliphatic heterocycles. The second-order valence-electron chi connectivity index (χ2n) is 6.63. The third kappa shape index (κ3) is 3.55. The molecule has 9 heteroatoms. The smallest absolute Gasteiger partial charge is 0.330 e. The SMILES string of the molecule is COC(=O)[C@@H](C)N1N=C(C(=O)N2CCCCCC2)S(=O)(=O)c2ccccc21. The molecule has 146 valence electrons. The molecule has 0 bridgehead atoms. The van der Waals surface area contributed by atoms with Crippen LogP contribution in [0.5, 0.6) is 0 Å². The number of methoxy groups -OCH3 is 1. The lowest BCUT2D eigenvalue weighted by Gasteiger charge is -2.31. The van der Waals surface area contributed by atoms with Crippen LogP contribution < -0.4 is 5.01 Å². The molecule has 27 heavy (non-hydrogen) atoms. The lowest BCUT2D eigenvalue weighted by Crippen LogP contribution is -2.46. The van der Waals surface area contributed by atoms with Crippen molar-refractivity contribution < 1.29 is 22.7 Å². The highest BCUT2D eigenvalue weighted by Gasteiger charge is 2.41. The number of fused-ring (bicyclic) bond motifs is 1. The molecular weight excluding hydrogens is 370 g/mol. The molecule has 3 rings (SSSR count). The van der Waals surface area contributed by atoms with E-state index in [0.29, 0.717) is 13.1 Å². The van der Waals surface area contributed by atoms with Crippen LogP contribution in [0.15, 0.2) is 34.3 Å². The lowest BCUT2D eigenvalue weighted by molar-refractivity contribution is -0.141. The zero-order chi connectivity index (χ0) is 19.6. The maximum atomic E-state index is 13.1. The van der Waals surface area contributed by atoms with E-state index >= 15 is 0 Å². The van der Waals surface area contributed by atoms with E-state index in [1.807, 2.05) is 0 Å². The molecule has 1 aromatic carbocycles. The standard InChI is InChI=1S/C18H23N3O5S/c1-13(18(23)26-2)21-14-9-5-6-10-15(14)27(24,25)16(19-21)17(22)20-11-7-3-4-8-12-20/h5-6,9-10,13H,3-4,7-8,11-12H2,1-2H3/t13-/m1/s1. The fourth-order valence-electron chi connectivity index (χ4n) is 3.32. The van der Waals surface area contributed by atoms with Gasteiger partial charge in [0.15, 0.2) is 0 Å². The number of benzene rings is 1. The van der Waals surface area contributed by atoms with Gasteiger partial charge in [0.1, 0.15) is 6.04 Å². The average Bonchev–Trinajstić information content (AvgIpc) is 2.96. The molecule has 1 saturated heterocycles. The predicted octanol–water partition coefficient (Wildman–Crippen LogP) is 1.56. The van der Waals surface area contributed by atoms with E-state index < -0.39 is 32.8 Å². The normalized spacial score (nSPS) is 20.1. The number of carbonyl (C=O) groups is 2. The Labute approximate surface area is 158 Å². The monoisotopic (exact) mass is 393 g/mol. The Morgan fingerprint density at radius 3 is 2.37 bits per heavy atom. The maximum Gasteiger partial charge on any atom is 0.330 e. The van der Waals surface area contributed by atoms with E-state index in [4.69, 9.17) is 4.74 Å². The molecule has 0 N–H and O–H groups in total. The second kappa shape index (κ2) is 7.67. The zero-order valence-electron chi connectivity index (χ0n) is 15.4. The first-order valence-corrected chi connectivity index (χ1v) is 10.5. The molecule has 1 fully saturated rings. The second-order valence-corrected chi connectivity index (χ2v) is 8.46. The maximum absolute atomic E-state index is 13.1. The number of hydrogen-bond acceptors (Lipinski definition) is 7. The van der Waals surface area contributed by atoms with E-state index in [0.717, 1.165) is 25.7 Å². The molecular formula is C18H23N3O5S. The van der Waals surface area contributed by atoms with Crippen molar-refractivity contribution >= 4 is 32.4 Å². The van der Waals surface area contributed by atoms with Crippen molar-refractivity contribution in [3.63, 3.8) is 0 Å². The number of ether oxygens (including phenoxy) is 1. The quantitative estimate of drug-likeness (QED) is 0.723. The number of nitrogens with zero attached hydrogens (tertiary/aromatic N) is 3. The van der Waals surface area contributed by atoms with E-state index in [1.165, 1.54) is 23.1 Å².